The normalized spacial score (nSPS) is 16.3. The van der Waals surface area contributed by atoms with E-state index in [2.05, 4.69) is 19.9 Å². The van der Waals surface area contributed by atoms with Crippen LogP contribution >= 0.6 is 0 Å². The van der Waals surface area contributed by atoms with Crippen LogP contribution in [0.5, 0.6) is 0 Å². The number of rotatable bonds is 11. The van der Waals surface area contributed by atoms with Gasteiger partial charge in [-0.25, -0.2) is 0 Å². The number of carbonyl (C=O) groups excluding carboxylic acids is 1. The van der Waals surface area contributed by atoms with Crippen LogP contribution in [-0.2, 0) is 17.6 Å². The van der Waals surface area contributed by atoms with Crippen molar-refractivity contribution in [3.63, 3.8) is 0 Å². The molecule has 0 amide bonds. The average Bonchev–Trinajstić information content (AvgIpc) is 2.61. The zero-order chi connectivity index (χ0) is 19.0. The molecule has 5 nitrogen and oxygen atoms in total. The summed E-state index contributed by atoms with van der Waals surface area (Å²) in [7, 11) is 0. The summed E-state index contributed by atoms with van der Waals surface area (Å²) in [6.07, 6.45) is 5.36. The third-order valence-electron chi connectivity index (χ3n) is 4.78. The van der Waals surface area contributed by atoms with Gasteiger partial charge in [0.05, 0.1) is 12.1 Å². The smallest absolute Gasteiger partial charge is 0.201 e. The van der Waals surface area contributed by atoms with Gasteiger partial charge >= 0.3 is 0 Å². The summed E-state index contributed by atoms with van der Waals surface area (Å²) in [5, 5.41) is 21.2. The molecule has 0 spiro atoms. The molecule has 0 saturated carbocycles. The van der Waals surface area contributed by atoms with Gasteiger partial charge in [0.1, 0.15) is 11.9 Å². The van der Waals surface area contributed by atoms with Gasteiger partial charge in [0.15, 0.2) is 12.4 Å². The van der Waals surface area contributed by atoms with E-state index in [9.17, 15) is 15.0 Å². The van der Waals surface area contributed by atoms with Gasteiger partial charge in [-0.05, 0) is 31.7 Å². The van der Waals surface area contributed by atoms with Crippen LogP contribution in [0.25, 0.3) is 0 Å². The van der Waals surface area contributed by atoms with E-state index in [1.807, 2.05) is 30.8 Å². The molecule has 0 fully saturated rings. The Morgan fingerprint density at radius 1 is 1.12 bits per heavy atom. The molecule has 1 aromatic rings. The Kier molecular flexibility index (Phi) is 9.25. The van der Waals surface area contributed by atoms with Crippen molar-refractivity contribution in [2.45, 2.75) is 90.5 Å². The van der Waals surface area contributed by atoms with Crippen molar-refractivity contribution >= 4 is 5.78 Å². The lowest BCUT2D eigenvalue weighted by molar-refractivity contribution is -0.734. The number of nitrogens with two attached hydrogens (primary N) is 1. The monoisotopic (exact) mass is 351 g/mol. The number of carbonyl (C=O) groups is 1. The third-order valence-corrected chi connectivity index (χ3v) is 4.78. The van der Waals surface area contributed by atoms with E-state index < -0.39 is 18.2 Å². The number of aliphatic hydroxyl groups is 2. The first-order chi connectivity index (χ1) is 11.9. The second kappa shape index (κ2) is 10.6. The molecule has 0 aromatic carbocycles. The van der Waals surface area contributed by atoms with Gasteiger partial charge in [-0.15, -0.1) is 0 Å². The quantitative estimate of drug-likeness (QED) is 0.531. The highest BCUT2D eigenvalue weighted by Crippen LogP contribution is 2.18. The van der Waals surface area contributed by atoms with Crippen molar-refractivity contribution in [1.29, 1.82) is 0 Å². The zero-order valence-corrected chi connectivity index (χ0v) is 16.1. The third kappa shape index (κ3) is 6.17. The minimum Gasteiger partial charge on any atom is -0.390 e. The first-order valence-electron chi connectivity index (χ1n) is 9.54. The SMILES string of the molecule is CCCC(=O)CC(O)C(O)C(C(N)CC)[n+]1cc(CC)cc(CC)c1. The van der Waals surface area contributed by atoms with Crippen LogP contribution in [-0.4, -0.2) is 34.2 Å². The maximum absolute atomic E-state index is 11.8. The van der Waals surface area contributed by atoms with E-state index in [1.54, 1.807) is 0 Å². The van der Waals surface area contributed by atoms with Crippen molar-refractivity contribution in [3.05, 3.63) is 29.6 Å². The molecule has 25 heavy (non-hydrogen) atoms. The second-order valence-electron chi connectivity index (χ2n) is 6.82. The molecule has 0 bridgehead atoms. The largest absolute Gasteiger partial charge is 0.390 e. The van der Waals surface area contributed by atoms with Crippen LogP contribution in [0.15, 0.2) is 18.5 Å². The average molecular weight is 352 g/mol. The highest BCUT2D eigenvalue weighted by Gasteiger charge is 2.38. The molecule has 0 aliphatic heterocycles. The lowest BCUT2D eigenvalue weighted by atomic mass is 9.93. The van der Waals surface area contributed by atoms with Gasteiger partial charge in [-0.2, -0.15) is 4.57 Å². The van der Waals surface area contributed by atoms with E-state index in [1.165, 1.54) is 0 Å². The molecular weight excluding hydrogens is 316 g/mol. The van der Waals surface area contributed by atoms with Gasteiger partial charge in [0.25, 0.3) is 0 Å². The lowest BCUT2D eigenvalue weighted by Crippen LogP contribution is -2.57. The van der Waals surface area contributed by atoms with Crippen LogP contribution in [0.1, 0.15) is 70.5 Å². The van der Waals surface area contributed by atoms with Crippen molar-refractivity contribution in [2.75, 3.05) is 0 Å². The summed E-state index contributed by atoms with van der Waals surface area (Å²) in [6, 6.07) is 1.37. The summed E-state index contributed by atoms with van der Waals surface area (Å²) in [5.41, 5.74) is 8.61. The molecule has 5 heteroatoms. The molecule has 142 valence electrons. The highest BCUT2D eigenvalue weighted by molar-refractivity contribution is 5.78. The van der Waals surface area contributed by atoms with E-state index in [4.69, 9.17) is 5.73 Å². The maximum atomic E-state index is 11.8. The van der Waals surface area contributed by atoms with E-state index in [0.717, 1.165) is 30.4 Å². The number of hydrogen-bond donors (Lipinski definition) is 3. The van der Waals surface area contributed by atoms with Crippen molar-refractivity contribution in [1.82, 2.24) is 0 Å². The molecule has 0 aliphatic carbocycles. The number of pyridine rings is 1. The van der Waals surface area contributed by atoms with Crippen molar-refractivity contribution in [2.24, 2.45) is 5.73 Å². The van der Waals surface area contributed by atoms with Gasteiger partial charge < -0.3 is 15.9 Å². The molecule has 0 radical (unpaired) electrons. The molecular formula is C20H35N2O3+. The Balaban J connectivity index is 3.14. The number of aliphatic hydroxyl groups excluding tert-OH is 2. The van der Waals surface area contributed by atoms with Crippen LogP contribution in [0.4, 0.5) is 0 Å². The Labute approximate surface area is 151 Å². The van der Waals surface area contributed by atoms with Crippen LogP contribution in [0, 0.1) is 0 Å². The zero-order valence-electron chi connectivity index (χ0n) is 16.1. The predicted octanol–water partition coefficient (Wildman–Crippen LogP) is 1.86. The number of aryl methyl sites for hydroxylation is 2. The van der Waals surface area contributed by atoms with Crippen LogP contribution in [0.3, 0.4) is 0 Å². The lowest BCUT2D eigenvalue weighted by Gasteiger charge is -2.27. The van der Waals surface area contributed by atoms with Crippen molar-refractivity contribution < 1.29 is 19.6 Å². The summed E-state index contributed by atoms with van der Waals surface area (Å²) in [6.45, 7) is 8.06. The highest BCUT2D eigenvalue weighted by atomic mass is 16.3. The van der Waals surface area contributed by atoms with E-state index in [0.29, 0.717) is 12.8 Å². The number of aromatic nitrogens is 1. The molecule has 1 rings (SSSR count). The van der Waals surface area contributed by atoms with Gasteiger partial charge in [-0.1, -0.05) is 27.7 Å². The minimum absolute atomic E-state index is 0.0283. The fraction of sp³-hybridized carbons (Fsp3) is 0.700. The Morgan fingerprint density at radius 2 is 1.68 bits per heavy atom. The Morgan fingerprint density at radius 3 is 2.12 bits per heavy atom. The number of Topliss-reactive ketones (excluding diaryl/α,β-unsaturated/α-hetero) is 1. The van der Waals surface area contributed by atoms with Gasteiger partial charge in [-0.3, -0.25) is 4.79 Å². The molecule has 1 aromatic heterocycles. The second-order valence-corrected chi connectivity index (χ2v) is 6.82. The van der Waals surface area contributed by atoms with Crippen LogP contribution < -0.4 is 10.3 Å². The summed E-state index contributed by atoms with van der Waals surface area (Å²) >= 11 is 0. The molecule has 0 aliphatic rings. The topological polar surface area (TPSA) is 87.4 Å². The molecule has 4 unspecified atom stereocenters. The van der Waals surface area contributed by atoms with E-state index >= 15 is 0 Å². The van der Waals surface area contributed by atoms with Crippen LogP contribution in [0.2, 0.25) is 0 Å². The first-order valence-corrected chi connectivity index (χ1v) is 9.54. The predicted molar refractivity (Wildman–Crippen MR) is 99.2 cm³/mol. The summed E-state index contributed by atoms with van der Waals surface area (Å²) < 4.78 is 1.93. The fourth-order valence-corrected chi connectivity index (χ4v) is 3.15. The minimum atomic E-state index is -1.11. The maximum Gasteiger partial charge on any atom is 0.201 e. The number of ketones is 1. The summed E-state index contributed by atoms with van der Waals surface area (Å²) in [4.78, 5) is 11.8. The first kappa shape index (κ1) is 21.7. The number of hydrogen-bond acceptors (Lipinski definition) is 4. The molecule has 4 atom stereocenters. The standard InChI is InChI=1S/C20H35N2O3/c1-5-9-16(23)11-18(24)20(25)19(17(21)8-4)22-12-14(6-2)10-15(7-3)13-22/h10,12-13,17-20,24-25H,5-9,11,21H2,1-4H3/q+1. The van der Waals surface area contributed by atoms with E-state index in [-0.39, 0.29) is 18.2 Å². The molecule has 4 N–H and O–H groups in total. The molecule has 0 saturated heterocycles. The van der Waals surface area contributed by atoms with Gasteiger partial charge in [0.2, 0.25) is 6.04 Å². The Hall–Kier alpha value is -1.30. The number of nitrogens with zero attached hydrogens (tertiary/aromatic N) is 1. The van der Waals surface area contributed by atoms with Gasteiger partial charge in [0, 0.05) is 24.0 Å². The van der Waals surface area contributed by atoms with Crippen molar-refractivity contribution in [3.8, 4) is 0 Å². The fourth-order valence-electron chi connectivity index (χ4n) is 3.15. The summed E-state index contributed by atoms with van der Waals surface area (Å²) in [5.74, 6) is -0.0283. The Bertz CT molecular complexity index is 525. The molecule has 1 heterocycles.